The quantitative estimate of drug-likeness (QED) is 0.518. The molecule has 1 fully saturated rings. The van der Waals surface area contributed by atoms with Crippen molar-refractivity contribution in [3.05, 3.63) is 35.9 Å². The van der Waals surface area contributed by atoms with Crippen molar-refractivity contribution in [3.63, 3.8) is 0 Å². The SMILES string of the molecule is CC(C)CC(CNC(=O)NC1CCC(C(=O)O)CC1)NC(C)c1ccccc1. The maximum Gasteiger partial charge on any atom is 0.315 e. The molecule has 4 N–H and O–H groups in total. The van der Waals surface area contributed by atoms with Gasteiger partial charge in [-0.15, -0.1) is 0 Å². The van der Waals surface area contributed by atoms with Crippen LogP contribution in [0.5, 0.6) is 0 Å². The summed E-state index contributed by atoms with van der Waals surface area (Å²) >= 11 is 0. The van der Waals surface area contributed by atoms with E-state index in [9.17, 15) is 9.59 Å². The number of hydrogen-bond acceptors (Lipinski definition) is 3. The minimum Gasteiger partial charge on any atom is -0.481 e. The molecule has 1 saturated carbocycles. The normalized spacial score (nSPS) is 21.7. The highest BCUT2D eigenvalue weighted by Gasteiger charge is 2.26. The molecule has 0 spiro atoms. The number of aliphatic carboxylic acids is 1. The molecular weight excluding hydrogens is 354 g/mol. The molecule has 0 bridgehead atoms. The van der Waals surface area contributed by atoms with Crippen LogP contribution in [-0.4, -0.2) is 35.7 Å². The van der Waals surface area contributed by atoms with Crippen LogP contribution in [0.1, 0.15) is 64.5 Å². The van der Waals surface area contributed by atoms with Crippen LogP contribution in [-0.2, 0) is 4.79 Å². The van der Waals surface area contributed by atoms with Crippen LogP contribution in [0.15, 0.2) is 30.3 Å². The predicted octanol–water partition coefficient (Wildman–Crippen LogP) is 3.69. The van der Waals surface area contributed by atoms with Gasteiger partial charge in [-0.2, -0.15) is 0 Å². The molecule has 6 nitrogen and oxygen atoms in total. The topological polar surface area (TPSA) is 90.5 Å². The third kappa shape index (κ3) is 7.50. The molecule has 2 amide bonds. The highest BCUT2D eigenvalue weighted by Crippen LogP contribution is 2.24. The van der Waals surface area contributed by atoms with Crippen molar-refractivity contribution in [2.24, 2.45) is 11.8 Å². The second kappa shape index (κ2) is 11.1. The van der Waals surface area contributed by atoms with Gasteiger partial charge in [-0.05, 0) is 50.5 Å². The Kier molecular flexibility index (Phi) is 8.77. The van der Waals surface area contributed by atoms with Gasteiger partial charge in [0, 0.05) is 24.7 Å². The highest BCUT2D eigenvalue weighted by molar-refractivity contribution is 5.74. The first-order valence-corrected chi connectivity index (χ1v) is 10.4. The lowest BCUT2D eigenvalue weighted by molar-refractivity contribution is -0.142. The lowest BCUT2D eigenvalue weighted by Gasteiger charge is -2.28. The van der Waals surface area contributed by atoms with Crippen molar-refractivity contribution in [2.45, 2.75) is 71.0 Å². The summed E-state index contributed by atoms with van der Waals surface area (Å²) in [5.41, 5.74) is 1.23. The van der Waals surface area contributed by atoms with Crippen LogP contribution >= 0.6 is 0 Å². The van der Waals surface area contributed by atoms with Crippen molar-refractivity contribution in [1.29, 1.82) is 0 Å². The van der Waals surface area contributed by atoms with E-state index >= 15 is 0 Å². The number of urea groups is 1. The Morgan fingerprint density at radius 1 is 1.07 bits per heavy atom. The Balaban J connectivity index is 1.79. The fourth-order valence-electron chi connectivity index (χ4n) is 3.91. The summed E-state index contributed by atoms with van der Waals surface area (Å²) in [7, 11) is 0. The number of carbonyl (C=O) groups is 2. The molecule has 0 aromatic heterocycles. The van der Waals surface area contributed by atoms with Gasteiger partial charge >= 0.3 is 12.0 Å². The molecule has 6 heteroatoms. The number of carbonyl (C=O) groups excluding carboxylic acids is 1. The number of rotatable bonds is 9. The van der Waals surface area contributed by atoms with E-state index in [0.717, 1.165) is 19.3 Å². The third-order valence-electron chi connectivity index (χ3n) is 5.46. The summed E-state index contributed by atoms with van der Waals surface area (Å²) in [5, 5.41) is 18.7. The zero-order valence-corrected chi connectivity index (χ0v) is 17.3. The second-order valence-corrected chi connectivity index (χ2v) is 8.37. The van der Waals surface area contributed by atoms with Gasteiger partial charge in [0.2, 0.25) is 0 Å². The van der Waals surface area contributed by atoms with Crippen molar-refractivity contribution in [3.8, 4) is 0 Å². The van der Waals surface area contributed by atoms with Gasteiger partial charge in [-0.1, -0.05) is 44.2 Å². The Morgan fingerprint density at radius 3 is 2.29 bits per heavy atom. The molecule has 2 rings (SSSR count). The Morgan fingerprint density at radius 2 is 1.71 bits per heavy atom. The number of hydrogen-bond donors (Lipinski definition) is 4. The Hall–Kier alpha value is -2.08. The van der Waals surface area contributed by atoms with Crippen molar-refractivity contribution in [2.75, 3.05) is 6.54 Å². The third-order valence-corrected chi connectivity index (χ3v) is 5.46. The summed E-state index contributed by atoms with van der Waals surface area (Å²) in [5.74, 6) is -0.463. The summed E-state index contributed by atoms with van der Waals surface area (Å²) in [6.07, 6.45) is 3.69. The van der Waals surface area contributed by atoms with E-state index in [1.807, 2.05) is 18.2 Å². The molecule has 28 heavy (non-hydrogen) atoms. The summed E-state index contributed by atoms with van der Waals surface area (Å²) in [6.45, 7) is 7.07. The van der Waals surface area contributed by atoms with Gasteiger partial charge in [-0.25, -0.2) is 4.79 Å². The molecule has 2 atom stereocenters. The average molecular weight is 390 g/mol. The second-order valence-electron chi connectivity index (χ2n) is 8.37. The zero-order chi connectivity index (χ0) is 20.5. The van der Waals surface area contributed by atoms with Crippen molar-refractivity contribution in [1.82, 2.24) is 16.0 Å². The van der Waals surface area contributed by atoms with Crippen LogP contribution in [0.3, 0.4) is 0 Å². The molecule has 1 aliphatic carbocycles. The first-order chi connectivity index (χ1) is 13.3. The van der Waals surface area contributed by atoms with Gasteiger partial charge in [0.05, 0.1) is 5.92 Å². The van der Waals surface area contributed by atoms with Crippen LogP contribution in [0.25, 0.3) is 0 Å². The van der Waals surface area contributed by atoms with E-state index in [4.69, 9.17) is 5.11 Å². The average Bonchev–Trinajstić information content (AvgIpc) is 2.66. The lowest BCUT2D eigenvalue weighted by atomic mass is 9.86. The van der Waals surface area contributed by atoms with E-state index in [0.29, 0.717) is 25.3 Å². The fourth-order valence-corrected chi connectivity index (χ4v) is 3.91. The minimum atomic E-state index is -0.724. The van der Waals surface area contributed by atoms with Crippen LogP contribution in [0.4, 0.5) is 4.79 Å². The number of benzene rings is 1. The number of carboxylic acid groups (broad SMARTS) is 1. The summed E-state index contributed by atoms with van der Waals surface area (Å²) in [6, 6.07) is 10.6. The molecule has 0 saturated heterocycles. The molecule has 156 valence electrons. The van der Waals surface area contributed by atoms with Crippen molar-refractivity contribution >= 4 is 12.0 Å². The minimum absolute atomic E-state index is 0.0651. The van der Waals surface area contributed by atoms with E-state index in [1.165, 1.54) is 5.56 Å². The first-order valence-electron chi connectivity index (χ1n) is 10.4. The highest BCUT2D eigenvalue weighted by atomic mass is 16.4. The molecule has 1 aliphatic rings. The standard InChI is InChI=1S/C22H35N3O3/c1-15(2)13-20(24-16(3)17-7-5-4-6-8-17)14-23-22(28)25-19-11-9-18(10-12-19)21(26)27/h4-8,15-16,18-20,24H,9-14H2,1-3H3,(H,26,27)(H2,23,25,28). The lowest BCUT2D eigenvalue weighted by Crippen LogP contribution is -2.48. The molecule has 0 heterocycles. The summed E-state index contributed by atoms with van der Waals surface area (Å²) < 4.78 is 0. The maximum atomic E-state index is 12.3. The molecule has 0 aliphatic heterocycles. The number of carboxylic acids is 1. The van der Waals surface area contributed by atoms with E-state index in [-0.39, 0.29) is 30.1 Å². The molecule has 1 aromatic carbocycles. The molecule has 2 unspecified atom stereocenters. The van der Waals surface area contributed by atoms with Gasteiger partial charge in [0.1, 0.15) is 0 Å². The van der Waals surface area contributed by atoms with Crippen molar-refractivity contribution < 1.29 is 14.7 Å². The largest absolute Gasteiger partial charge is 0.481 e. The smallest absolute Gasteiger partial charge is 0.315 e. The fraction of sp³-hybridized carbons (Fsp3) is 0.636. The van der Waals surface area contributed by atoms with Gasteiger partial charge in [0.25, 0.3) is 0 Å². The molecule has 0 radical (unpaired) electrons. The predicted molar refractivity (Wildman–Crippen MR) is 111 cm³/mol. The number of nitrogens with one attached hydrogen (secondary N) is 3. The monoisotopic (exact) mass is 389 g/mol. The van der Waals surface area contributed by atoms with Crippen LogP contribution in [0, 0.1) is 11.8 Å². The maximum absolute atomic E-state index is 12.3. The van der Waals surface area contributed by atoms with E-state index in [2.05, 4.69) is 48.9 Å². The summed E-state index contributed by atoms with van der Waals surface area (Å²) in [4.78, 5) is 23.3. The van der Waals surface area contributed by atoms with E-state index in [1.54, 1.807) is 0 Å². The van der Waals surface area contributed by atoms with Crippen LogP contribution < -0.4 is 16.0 Å². The molecule has 1 aromatic rings. The van der Waals surface area contributed by atoms with Gasteiger partial charge < -0.3 is 21.1 Å². The van der Waals surface area contributed by atoms with Crippen LogP contribution in [0.2, 0.25) is 0 Å². The number of amides is 2. The molecular formula is C22H35N3O3. The van der Waals surface area contributed by atoms with Gasteiger partial charge in [-0.3, -0.25) is 4.79 Å². The first kappa shape index (κ1) is 22.2. The Bertz CT molecular complexity index is 613. The zero-order valence-electron chi connectivity index (χ0n) is 17.3. The Labute approximate surface area is 168 Å². The van der Waals surface area contributed by atoms with Gasteiger partial charge in [0.15, 0.2) is 0 Å². The van der Waals surface area contributed by atoms with E-state index < -0.39 is 5.97 Å².